The highest BCUT2D eigenvalue weighted by atomic mass is 19.4. The van der Waals surface area contributed by atoms with Gasteiger partial charge in [0.2, 0.25) is 0 Å². The molecule has 0 fully saturated rings. The molecule has 0 saturated carbocycles. The van der Waals surface area contributed by atoms with Crippen LogP contribution in [0.1, 0.15) is 21.5 Å². The van der Waals surface area contributed by atoms with Gasteiger partial charge >= 0.3 is 12.1 Å². The van der Waals surface area contributed by atoms with Gasteiger partial charge in [0.25, 0.3) is 5.91 Å². The Kier molecular flexibility index (Phi) is 7.86. The molecule has 0 aliphatic rings. The number of rotatable bonds is 7. The molecule has 4 aromatic carbocycles. The molecular weight excluding hydrogens is 497 g/mol. The molecule has 6 nitrogen and oxygen atoms in total. The van der Waals surface area contributed by atoms with E-state index in [0.29, 0.717) is 5.56 Å². The van der Waals surface area contributed by atoms with Crippen molar-refractivity contribution in [3.8, 4) is 16.9 Å². The average molecular weight is 518 g/mol. The molecule has 0 saturated heterocycles. The Morgan fingerprint density at radius 1 is 0.842 bits per heavy atom. The molecule has 4 aromatic rings. The number of carbonyl (C=O) groups excluding carboxylic acids is 2. The molecular formula is C29H21F3N2O4. The van der Waals surface area contributed by atoms with Crippen LogP contribution in [0.15, 0.2) is 108 Å². The summed E-state index contributed by atoms with van der Waals surface area (Å²) in [7, 11) is 0. The Morgan fingerprint density at radius 2 is 1.47 bits per heavy atom. The number of esters is 1. The smallest absolute Gasteiger partial charge is 0.416 e. The van der Waals surface area contributed by atoms with Crippen LogP contribution in [0.4, 0.5) is 18.9 Å². The molecule has 0 aromatic heterocycles. The van der Waals surface area contributed by atoms with Crippen molar-refractivity contribution in [2.45, 2.75) is 6.18 Å². The van der Waals surface area contributed by atoms with E-state index < -0.39 is 30.2 Å². The van der Waals surface area contributed by atoms with E-state index in [2.05, 4.69) is 5.10 Å². The maximum atomic E-state index is 13.3. The highest BCUT2D eigenvalue weighted by Gasteiger charge is 2.31. The summed E-state index contributed by atoms with van der Waals surface area (Å²) < 4.78 is 44.9. The van der Waals surface area contributed by atoms with Crippen LogP contribution in [-0.2, 0) is 15.7 Å². The van der Waals surface area contributed by atoms with Gasteiger partial charge < -0.3 is 9.84 Å². The van der Waals surface area contributed by atoms with Crippen molar-refractivity contribution in [3.63, 3.8) is 0 Å². The fraction of sp³-hybridized carbons (Fsp3) is 0.0690. The average Bonchev–Trinajstić information content (AvgIpc) is 2.92. The number of hydrazone groups is 1. The number of carbonyl (C=O) groups is 2. The zero-order valence-electron chi connectivity index (χ0n) is 19.8. The molecule has 4 rings (SSSR count). The number of amides is 1. The number of hydrogen-bond acceptors (Lipinski definition) is 5. The van der Waals surface area contributed by atoms with Gasteiger partial charge in [0.05, 0.1) is 23.0 Å². The number of halogens is 3. The second-order valence-corrected chi connectivity index (χ2v) is 8.11. The molecule has 1 N–H and O–H groups in total. The van der Waals surface area contributed by atoms with Crippen LogP contribution in [0, 0.1) is 0 Å². The summed E-state index contributed by atoms with van der Waals surface area (Å²) >= 11 is 0. The first-order valence-corrected chi connectivity index (χ1v) is 11.4. The normalized spacial score (nSPS) is 11.3. The van der Waals surface area contributed by atoms with Crippen LogP contribution in [0.5, 0.6) is 5.75 Å². The predicted octanol–water partition coefficient (Wildman–Crippen LogP) is 6.30. The number of anilines is 1. The number of phenols is 1. The molecule has 0 bridgehead atoms. The first-order chi connectivity index (χ1) is 18.2. The summed E-state index contributed by atoms with van der Waals surface area (Å²) in [6.45, 7) is -0.749. The van der Waals surface area contributed by atoms with Crippen molar-refractivity contribution < 1.29 is 32.6 Å². The van der Waals surface area contributed by atoms with Gasteiger partial charge in [-0.05, 0) is 59.2 Å². The van der Waals surface area contributed by atoms with Crippen LogP contribution >= 0.6 is 0 Å². The molecule has 0 aliphatic heterocycles. The molecule has 0 atom stereocenters. The lowest BCUT2D eigenvalue weighted by Gasteiger charge is -2.18. The minimum Gasteiger partial charge on any atom is -0.508 e. The third-order valence-corrected chi connectivity index (χ3v) is 5.42. The maximum Gasteiger partial charge on any atom is 0.416 e. The van der Waals surface area contributed by atoms with Crippen molar-refractivity contribution in [2.24, 2.45) is 5.10 Å². The third-order valence-electron chi connectivity index (χ3n) is 5.42. The number of benzene rings is 4. The first-order valence-electron chi connectivity index (χ1n) is 11.4. The van der Waals surface area contributed by atoms with Gasteiger partial charge in [-0.1, -0.05) is 60.7 Å². The Balaban J connectivity index is 1.50. The largest absolute Gasteiger partial charge is 0.508 e. The quantitative estimate of drug-likeness (QED) is 0.177. The van der Waals surface area contributed by atoms with E-state index in [-0.39, 0.29) is 17.0 Å². The minimum atomic E-state index is -4.62. The monoisotopic (exact) mass is 518 g/mol. The van der Waals surface area contributed by atoms with Crippen LogP contribution in [0.2, 0.25) is 0 Å². The highest BCUT2D eigenvalue weighted by molar-refractivity contribution is 5.98. The van der Waals surface area contributed by atoms with E-state index in [0.717, 1.165) is 34.3 Å². The number of aromatic hydroxyl groups is 1. The maximum absolute atomic E-state index is 13.3. The Morgan fingerprint density at radius 3 is 2.11 bits per heavy atom. The van der Waals surface area contributed by atoms with Gasteiger partial charge in [-0.25, -0.2) is 4.79 Å². The summed E-state index contributed by atoms with van der Waals surface area (Å²) in [5, 5.41) is 14.3. The fourth-order valence-corrected chi connectivity index (χ4v) is 3.48. The van der Waals surface area contributed by atoms with Crippen LogP contribution in [0.3, 0.4) is 0 Å². The molecule has 0 aliphatic carbocycles. The third kappa shape index (κ3) is 6.64. The summed E-state index contributed by atoms with van der Waals surface area (Å²) in [4.78, 5) is 25.5. The van der Waals surface area contributed by atoms with Crippen molar-refractivity contribution >= 4 is 23.8 Å². The Hall–Kier alpha value is -4.92. The predicted molar refractivity (Wildman–Crippen MR) is 137 cm³/mol. The number of nitrogens with zero attached hydrogens (tertiary/aromatic N) is 2. The number of phenolic OH excluding ortho intramolecular Hbond substituents is 1. The van der Waals surface area contributed by atoms with Gasteiger partial charge in [0.15, 0.2) is 6.61 Å². The molecule has 0 heterocycles. The van der Waals surface area contributed by atoms with Gasteiger partial charge in [-0.3, -0.25) is 4.79 Å². The summed E-state index contributed by atoms with van der Waals surface area (Å²) in [6.07, 6.45) is -3.30. The van der Waals surface area contributed by atoms with Crippen molar-refractivity contribution in [2.75, 3.05) is 11.6 Å². The second-order valence-electron chi connectivity index (χ2n) is 8.11. The molecule has 0 spiro atoms. The van der Waals surface area contributed by atoms with Crippen molar-refractivity contribution in [3.05, 3.63) is 120 Å². The van der Waals surface area contributed by atoms with Gasteiger partial charge in [-0.15, -0.1) is 0 Å². The number of hydrogen-bond donors (Lipinski definition) is 1. The molecule has 192 valence electrons. The van der Waals surface area contributed by atoms with Crippen LogP contribution in [-0.4, -0.2) is 29.8 Å². The van der Waals surface area contributed by atoms with Gasteiger partial charge in [0.1, 0.15) is 5.75 Å². The Bertz CT molecular complexity index is 1440. The lowest BCUT2D eigenvalue weighted by molar-refractivity contribution is -0.137. The van der Waals surface area contributed by atoms with Crippen molar-refractivity contribution in [1.29, 1.82) is 0 Å². The summed E-state index contributed by atoms with van der Waals surface area (Å²) in [5.74, 6) is -1.50. The molecule has 0 radical (unpaired) electrons. The van der Waals surface area contributed by atoms with Crippen LogP contribution in [0.25, 0.3) is 11.1 Å². The molecule has 1 amide bonds. The zero-order chi connectivity index (χ0) is 27.1. The highest BCUT2D eigenvalue weighted by Crippen LogP contribution is 2.32. The topological polar surface area (TPSA) is 79.2 Å². The molecule has 0 unspecified atom stereocenters. The van der Waals surface area contributed by atoms with E-state index in [1.807, 2.05) is 0 Å². The van der Waals surface area contributed by atoms with E-state index in [4.69, 9.17) is 4.74 Å². The van der Waals surface area contributed by atoms with E-state index in [1.54, 1.807) is 66.7 Å². The number of alkyl halides is 3. The van der Waals surface area contributed by atoms with Crippen molar-refractivity contribution in [1.82, 2.24) is 0 Å². The lowest BCUT2D eigenvalue weighted by Crippen LogP contribution is -2.31. The molecule has 9 heteroatoms. The van der Waals surface area contributed by atoms with Gasteiger partial charge in [0, 0.05) is 0 Å². The summed E-state index contributed by atoms with van der Waals surface area (Å²) in [6, 6.07) is 25.8. The lowest BCUT2D eigenvalue weighted by atomic mass is 10.0. The first kappa shape index (κ1) is 26.2. The molecule has 38 heavy (non-hydrogen) atoms. The summed E-state index contributed by atoms with van der Waals surface area (Å²) in [5.41, 5.74) is 1.33. The SMILES string of the molecule is O=C(OCC(=O)N(N=Cc1ccccc1)c1cccc(C(F)(F)F)c1)c1ccc(-c2ccc(O)cc2)cc1. The Labute approximate surface area is 216 Å². The van der Waals surface area contributed by atoms with Crippen LogP contribution < -0.4 is 5.01 Å². The van der Waals surface area contributed by atoms with Gasteiger partial charge in [-0.2, -0.15) is 23.3 Å². The van der Waals surface area contributed by atoms with E-state index >= 15 is 0 Å². The minimum absolute atomic E-state index is 0.130. The number of ether oxygens (including phenoxy) is 1. The van der Waals surface area contributed by atoms with E-state index in [9.17, 15) is 27.9 Å². The second kappa shape index (κ2) is 11.4. The van der Waals surface area contributed by atoms with E-state index in [1.165, 1.54) is 24.4 Å². The standard InChI is InChI=1S/C29H21F3N2O4/c30-29(31,32)24-7-4-8-25(17-24)34(33-18-20-5-2-1-3-6-20)27(36)19-38-28(37)23-11-9-21(10-12-23)22-13-15-26(35)16-14-22/h1-18,35H,19H2. The zero-order valence-corrected chi connectivity index (χ0v) is 19.8. The fourth-order valence-electron chi connectivity index (χ4n) is 3.48.